The van der Waals surface area contributed by atoms with E-state index in [9.17, 15) is 10.1 Å². The molecule has 0 aliphatic carbocycles. The fourth-order valence-electron chi connectivity index (χ4n) is 1.63. The molecule has 0 fully saturated rings. The molecule has 23 heavy (non-hydrogen) atoms. The van der Waals surface area contributed by atoms with Crippen molar-refractivity contribution in [3.05, 3.63) is 46.0 Å². The van der Waals surface area contributed by atoms with Gasteiger partial charge in [0, 0.05) is 6.92 Å². The summed E-state index contributed by atoms with van der Waals surface area (Å²) in [6.45, 7) is 9.42. The van der Waals surface area contributed by atoms with Gasteiger partial charge in [-0.2, -0.15) is 5.01 Å². The van der Waals surface area contributed by atoms with Gasteiger partial charge < -0.3 is 19.6 Å². The lowest BCUT2D eigenvalue weighted by Crippen LogP contribution is -2.34. The number of rotatable bonds is 7. The first-order valence-corrected chi connectivity index (χ1v) is 7.45. The maximum atomic E-state index is 10.8. The highest BCUT2D eigenvalue weighted by molar-refractivity contribution is 5.70. The van der Waals surface area contributed by atoms with E-state index in [2.05, 4.69) is 5.10 Å². The van der Waals surface area contributed by atoms with Gasteiger partial charge in [-0.3, -0.25) is 0 Å². The van der Waals surface area contributed by atoms with E-state index >= 15 is 0 Å². The average molecular weight is 323 g/mol. The lowest BCUT2D eigenvalue weighted by molar-refractivity contribution is -0.353. The van der Waals surface area contributed by atoms with Crippen molar-refractivity contribution in [3.8, 4) is 0 Å². The number of hydrazone groups is 1. The van der Waals surface area contributed by atoms with Crippen LogP contribution in [0.2, 0.25) is 0 Å². The molecule has 1 aromatic rings. The minimum atomic E-state index is -0.517. The first-order valence-electron chi connectivity index (χ1n) is 7.45. The Morgan fingerprint density at radius 2 is 1.96 bits per heavy atom. The Kier molecular flexibility index (Phi) is 7.12. The Balaban J connectivity index is 2.77. The quantitative estimate of drug-likeness (QED) is 0.253. The van der Waals surface area contributed by atoms with Crippen LogP contribution in [0.1, 0.15) is 40.2 Å². The molecule has 0 aromatic heterocycles. The van der Waals surface area contributed by atoms with Crippen LogP contribution in [0.3, 0.4) is 0 Å². The predicted octanol–water partition coefficient (Wildman–Crippen LogP) is 3.23. The molecule has 0 heterocycles. The van der Waals surface area contributed by atoms with Crippen molar-refractivity contribution in [2.75, 3.05) is 6.79 Å². The van der Waals surface area contributed by atoms with Crippen molar-refractivity contribution in [1.29, 1.82) is 0 Å². The monoisotopic (exact) mass is 323 g/mol. The fraction of sp³-hybridized carbons (Fsp3) is 0.562. The molecule has 1 unspecified atom stereocenters. The van der Waals surface area contributed by atoms with Crippen molar-refractivity contribution < 1.29 is 14.4 Å². The van der Waals surface area contributed by atoms with E-state index in [0.717, 1.165) is 5.56 Å². The largest absolute Gasteiger partial charge is 0.360 e. The van der Waals surface area contributed by atoms with Gasteiger partial charge in [0.1, 0.15) is 6.79 Å². The summed E-state index contributed by atoms with van der Waals surface area (Å²) in [5.74, 6) is -0.187. The van der Waals surface area contributed by atoms with Crippen LogP contribution < -0.4 is 0 Å². The Bertz CT molecular complexity index is 526. The highest BCUT2D eigenvalue weighted by Crippen LogP contribution is 2.12. The maximum absolute atomic E-state index is 10.8. The average Bonchev–Trinajstić information content (AvgIpc) is 2.46. The highest BCUT2D eigenvalue weighted by Gasteiger charge is 2.21. The third-order valence-electron chi connectivity index (χ3n) is 2.95. The van der Waals surface area contributed by atoms with Gasteiger partial charge in [-0.05, 0) is 38.2 Å². The number of benzene rings is 1. The molecule has 0 N–H and O–H groups in total. The zero-order valence-corrected chi connectivity index (χ0v) is 14.4. The number of nitro groups is 1. The molecule has 0 saturated heterocycles. The fourth-order valence-corrected chi connectivity index (χ4v) is 1.63. The van der Waals surface area contributed by atoms with Crippen LogP contribution >= 0.6 is 0 Å². The zero-order chi connectivity index (χ0) is 17.5. The second kappa shape index (κ2) is 8.59. The van der Waals surface area contributed by atoms with Crippen LogP contribution in [0.25, 0.3) is 0 Å². The minimum absolute atomic E-state index is 0.0863. The highest BCUT2D eigenvalue weighted by atomic mass is 16.7. The molecule has 0 radical (unpaired) electrons. The normalized spacial score (nSPS) is 13.7. The Morgan fingerprint density at radius 3 is 2.48 bits per heavy atom. The van der Waals surface area contributed by atoms with E-state index in [4.69, 9.17) is 9.47 Å². The van der Waals surface area contributed by atoms with Crippen molar-refractivity contribution >= 4 is 5.84 Å². The van der Waals surface area contributed by atoms with Gasteiger partial charge in [0.2, 0.25) is 0 Å². The molecule has 7 nitrogen and oxygen atoms in total. The topological polar surface area (TPSA) is 77.2 Å². The lowest BCUT2D eigenvalue weighted by atomic mass is 10.2. The molecule has 0 saturated carbocycles. The number of nitrogens with zero attached hydrogens (tertiary/aromatic N) is 3. The molecule has 7 heteroatoms. The molecule has 1 atom stereocenters. The van der Waals surface area contributed by atoms with E-state index < -0.39 is 11.2 Å². The van der Waals surface area contributed by atoms with Gasteiger partial charge in [0.15, 0.2) is 6.23 Å². The van der Waals surface area contributed by atoms with E-state index in [-0.39, 0.29) is 18.2 Å². The molecule has 0 aliphatic rings. The third-order valence-corrected chi connectivity index (χ3v) is 2.95. The van der Waals surface area contributed by atoms with Crippen molar-refractivity contribution in [2.45, 2.75) is 53.0 Å². The van der Waals surface area contributed by atoms with Gasteiger partial charge in [0.25, 0.3) is 0 Å². The van der Waals surface area contributed by atoms with Crippen molar-refractivity contribution in [3.63, 3.8) is 0 Å². The Hall–Kier alpha value is -1.99. The molecule has 128 valence electrons. The molecule has 1 rings (SSSR count). The van der Waals surface area contributed by atoms with E-state index in [1.807, 2.05) is 51.1 Å². The van der Waals surface area contributed by atoms with E-state index in [1.165, 1.54) is 6.92 Å². The summed E-state index contributed by atoms with van der Waals surface area (Å²) in [6.07, 6.45) is -0.465. The van der Waals surface area contributed by atoms with E-state index in [1.54, 1.807) is 11.9 Å². The number of amidine groups is 1. The summed E-state index contributed by atoms with van der Waals surface area (Å²) in [7, 11) is 0. The SMILES string of the molecule is C/C(=N\N(Cc1ccccc1)C(C)OCOC(C)(C)C)[N+](=O)[O-]. The minimum Gasteiger partial charge on any atom is -0.358 e. The Labute approximate surface area is 137 Å². The second-order valence-electron chi connectivity index (χ2n) is 6.13. The van der Waals surface area contributed by atoms with Gasteiger partial charge >= 0.3 is 5.84 Å². The van der Waals surface area contributed by atoms with Gasteiger partial charge in [-0.1, -0.05) is 30.3 Å². The molecule has 0 bridgehead atoms. The molecular formula is C16H25N3O4. The van der Waals surface area contributed by atoms with Crippen LogP contribution in [0.4, 0.5) is 0 Å². The first kappa shape index (κ1) is 19.1. The summed E-state index contributed by atoms with van der Waals surface area (Å²) >= 11 is 0. The van der Waals surface area contributed by atoms with Crippen molar-refractivity contribution in [2.24, 2.45) is 5.10 Å². The van der Waals surface area contributed by atoms with E-state index in [0.29, 0.717) is 6.54 Å². The molecule has 1 aromatic carbocycles. The van der Waals surface area contributed by atoms with Gasteiger partial charge in [-0.15, -0.1) is 0 Å². The predicted molar refractivity (Wildman–Crippen MR) is 88.3 cm³/mol. The Morgan fingerprint density at radius 1 is 1.35 bits per heavy atom. The first-order chi connectivity index (χ1) is 10.7. The number of hydrogen-bond acceptors (Lipinski definition) is 6. The summed E-state index contributed by atoms with van der Waals surface area (Å²) in [5, 5.41) is 16.4. The van der Waals surface area contributed by atoms with Gasteiger partial charge in [0.05, 0.1) is 17.2 Å². The summed E-state index contributed by atoms with van der Waals surface area (Å²) in [5.41, 5.74) is 0.670. The molecule has 0 spiro atoms. The summed E-state index contributed by atoms with van der Waals surface area (Å²) in [6, 6.07) is 9.60. The molecule has 0 amide bonds. The summed E-state index contributed by atoms with van der Waals surface area (Å²) < 4.78 is 11.1. The molecular weight excluding hydrogens is 298 g/mol. The van der Waals surface area contributed by atoms with Gasteiger partial charge in [-0.25, -0.2) is 0 Å². The maximum Gasteiger partial charge on any atom is 0.360 e. The van der Waals surface area contributed by atoms with Crippen LogP contribution in [-0.2, 0) is 16.0 Å². The second-order valence-corrected chi connectivity index (χ2v) is 6.13. The standard InChI is InChI=1S/C16H25N3O4/c1-13(19(20)21)17-18(11-15-9-7-6-8-10-15)14(2)22-12-23-16(3,4)5/h6-10,14H,11-12H2,1-5H3/b17-13+. The third kappa shape index (κ3) is 7.71. The van der Waals surface area contributed by atoms with Crippen LogP contribution in [0.15, 0.2) is 35.4 Å². The van der Waals surface area contributed by atoms with Crippen LogP contribution in [0, 0.1) is 10.1 Å². The smallest absolute Gasteiger partial charge is 0.358 e. The lowest BCUT2D eigenvalue weighted by Gasteiger charge is -2.24. The molecule has 0 aliphatic heterocycles. The summed E-state index contributed by atoms with van der Waals surface area (Å²) in [4.78, 5) is 10.3. The zero-order valence-electron chi connectivity index (χ0n) is 14.4. The van der Waals surface area contributed by atoms with Crippen molar-refractivity contribution in [1.82, 2.24) is 5.01 Å². The number of ether oxygens (including phenoxy) is 2. The van der Waals surface area contributed by atoms with Crippen LogP contribution in [0.5, 0.6) is 0 Å². The number of hydrogen-bond donors (Lipinski definition) is 0. The van der Waals surface area contributed by atoms with Crippen LogP contribution in [-0.4, -0.2) is 34.4 Å².